The van der Waals surface area contributed by atoms with Crippen molar-refractivity contribution < 1.29 is 4.43 Å². The fourth-order valence-electron chi connectivity index (χ4n) is 5.95. The summed E-state index contributed by atoms with van der Waals surface area (Å²) in [5, 5.41) is 2.63. The molecule has 0 heterocycles. The van der Waals surface area contributed by atoms with Crippen LogP contribution in [0.2, 0.25) is 5.04 Å². The van der Waals surface area contributed by atoms with Crippen LogP contribution in [0.3, 0.4) is 0 Å². The SMILES string of the molecule is C/C=C(/CC1CCCCC1)[C@@H](O[Si](c1ccccc1)(c1ccccc1)C(C)(C)C)c1ccccc1. The molecular formula is C33H42OSi. The van der Waals surface area contributed by atoms with Gasteiger partial charge in [-0.15, -0.1) is 0 Å². The number of benzene rings is 3. The van der Waals surface area contributed by atoms with Crippen LogP contribution in [0.4, 0.5) is 0 Å². The van der Waals surface area contributed by atoms with Gasteiger partial charge in [0, 0.05) is 0 Å². The Kier molecular flexibility index (Phi) is 8.46. The summed E-state index contributed by atoms with van der Waals surface area (Å²) < 4.78 is 7.73. The molecule has 0 bridgehead atoms. The minimum absolute atomic E-state index is 0.0468. The van der Waals surface area contributed by atoms with Gasteiger partial charge in [0.1, 0.15) is 0 Å². The molecule has 0 radical (unpaired) electrons. The number of allylic oxidation sites excluding steroid dienone is 1. The molecule has 1 aliphatic carbocycles. The highest BCUT2D eigenvalue weighted by atomic mass is 28.4. The monoisotopic (exact) mass is 482 g/mol. The molecule has 0 spiro atoms. The summed E-state index contributed by atoms with van der Waals surface area (Å²) in [6.45, 7) is 9.33. The number of hydrogen-bond donors (Lipinski definition) is 0. The predicted octanol–water partition coefficient (Wildman–Crippen LogP) is 8.22. The molecule has 1 saturated carbocycles. The van der Waals surface area contributed by atoms with Gasteiger partial charge in [-0.05, 0) is 45.8 Å². The molecule has 0 aliphatic heterocycles. The quantitative estimate of drug-likeness (QED) is 0.232. The second-order valence-electron chi connectivity index (χ2n) is 11.1. The highest BCUT2D eigenvalue weighted by Gasteiger charge is 2.52. The van der Waals surface area contributed by atoms with E-state index in [1.165, 1.54) is 53.6 Å². The summed E-state index contributed by atoms with van der Waals surface area (Å²) in [6, 6.07) is 33.0. The van der Waals surface area contributed by atoms with Gasteiger partial charge in [-0.3, -0.25) is 0 Å². The molecule has 1 atom stereocenters. The Hall–Kier alpha value is -2.42. The lowest BCUT2D eigenvalue weighted by molar-refractivity contribution is 0.212. The maximum Gasteiger partial charge on any atom is 0.262 e. The molecule has 0 N–H and O–H groups in total. The Balaban J connectivity index is 1.86. The van der Waals surface area contributed by atoms with Crippen LogP contribution >= 0.6 is 0 Å². The first-order chi connectivity index (χ1) is 17.0. The zero-order valence-electron chi connectivity index (χ0n) is 22.0. The van der Waals surface area contributed by atoms with Crippen molar-refractivity contribution in [1.29, 1.82) is 0 Å². The van der Waals surface area contributed by atoms with Crippen LogP contribution in [0.1, 0.15) is 77.9 Å². The maximum atomic E-state index is 7.73. The lowest BCUT2D eigenvalue weighted by Crippen LogP contribution is -2.67. The van der Waals surface area contributed by atoms with Crippen molar-refractivity contribution in [2.24, 2.45) is 5.92 Å². The number of hydrogen-bond acceptors (Lipinski definition) is 1. The highest BCUT2D eigenvalue weighted by molar-refractivity contribution is 6.99. The predicted molar refractivity (Wildman–Crippen MR) is 153 cm³/mol. The van der Waals surface area contributed by atoms with Gasteiger partial charge in [-0.2, -0.15) is 0 Å². The van der Waals surface area contributed by atoms with E-state index in [1.54, 1.807) is 0 Å². The van der Waals surface area contributed by atoms with E-state index in [2.05, 4.69) is 125 Å². The zero-order chi connectivity index (χ0) is 24.7. The molecule has 3 aromatic rings. The molecule has 35 heavy (non-hydrogen) atoms. The normalized spacial score (nSPS) is 16.7. The number of rotatable bonds is 8. The van der Waals surface area contributed by atoms with Crippen LogP contribution in [0.5, 0.6) is 0 Å². The average Bonchev–Trinajstić information content (AvgIpc) is 2.90. The van der Waals surface area contributed by atoms with Gasteiger partial charge < -0.3 is 4.43 Å². The van der Waals surface area contributed by atoms with Gasteiger partial charge >= 0.3 is 0 Å². The molecular weight excluding hydrogens is 440 g/mol. The van der Waals surface area contributed by atoms with Crippen LogP contribution in [0.15, 0.2) is 103 Å². The Labute approximate surface area is 214 Å². The summed E-state index contributed by atoms with van der Waals surface area (Å²) in [7, 11) is -2.68. The van der Waals surface area contributed by atoms with Crippen molar-refractivity contribution in [3.63, 3.8) is 0 Å². The maximum absolute atomic E-state index is 7.73. The van der Waals surface area contributed by atoms with E-state index in [0.29, 0.717) is 0 Å². The van der Waals surface area contributed by atoms with E-state index < -0.39 is 8.32 Å². The third kappa shape index (κ3) is 5.71. The minimum atomic E-state index is -2.68. The molecule has 2 heteroatoms. The molecule has 0 saturated heterocycles. The molecule has 3 aromatic carbocycles. The molecule has 1 fully saturated rings. The van der Waals surface area contributed by atoms with Gasteiger partial charge in [-0.25, -0.2) is 0 Å². The fraction of sp³-hybridized carbons (Fsp3) is 0.394. The van der Waals surface area contributed by atoms with E-state index in [1.807, 2.05) is 0 Å². The Morgan fingerprint density at radius 2 is 1.29 bits per heavy atom. The molecule has 0 amide bonds. The smallest absolute Gasteiger partial charge is 0.262 e. The van der Waals surface area contributed by atoms with Crippen molar-refractivity contribution in [1.82, 2.24) is 0 Å². The van der Waals surface area contributed by atoms with E-state index in [4.69, 9.17) is 4.43 Å². The third-order valence-corrected chi connectivity index (χ3v) is 12.8. The van der Waals surface area contributed by atoms with Crippen molar-refractivity contribution in [3.8, 4) is 0 Å². The van der Waals surface area contributed by atoms with Crippen LogP contribution in [-0.4, -0.2) is 8.32 Å². The Morgan fingerprint density at radius 1 is 0.800 bits per heavy atom. The lowest BCUT2D eigenvalue weighted by atomic mass is 9.82. The molecule has 0 unspecified atom stereocenters. The van der Waals surface area contributed by atoms with Gasteiger partial charge in [0.05, 0.1) is 6.10 Å². The highest BCUT2D eigenvalue weighted by Crippen LogP contribution is 2.43. The van der Waals surface area contributed by atoms with Crippen molar-refractivity contribution in [2.75, 3.05) is 0 Å². The van der Waals surface area contributed by atoms with Gasteiger partial charge in [0.2, 0.25) is 0 Å². The van der Waals surface area contributed by atoms with Gasteiger partial charge in [0.25, 0.3) is 8.32 Å². The van der Waals surface area contributed by atoms with Crippen LogP contribution in [0, 0.1) is 5.92 Å². The molecule has 184 valence electrons. The largest absolute Gasteiger partial charge is 0.397 e. The molecule has 0 aromatic heterocycles. The van der Waals surface area contributed by atoms with Crippen molar-refractivity contribution in [2.45, 2.75) is 77.4 Å². The second-order valence-corrected chi connectivity index (χ2v) is 15.4. The summed E-state index contributed by atoms with van der Waals surface area (Å²) in [5.74, 6) is 0.768. The zero-order valence-corrected chi connectivity index (χ0v) is 23.0. The van der Waals surface area contributed by atoms with E-state index >= 15 is 0 Å². The Morgan fingerprint density at radius 3 is 1.74 bits per heavy atom. The summed E-state index contributed by atoms with van der Waals surface area (Å²) in [5.41, 5.74) is 2.71. The van der Waals surface area contributed by atoms with Crippen LogP contribution < -0.4 is 10.4 Å². The first-order valence-corrected chi connectivity index (χ1v) is 15.4. The second kappa shape index (κ2) is 11.5. The molecule has 1 aliphatic rings. The van der Waals surface area contributed by atoms with Crippen molar-refractivity contribution in [3.05, 3.63) is 108 Å². The minimum Gasteiger partial charge on any atom is -0.397 e. The lowest BCUT2D eigenvalue weighted by Gasteiger charge is -2.46. The van der Waals surface area contributed by atoms with E-state index in [9.17, 15) is 0 Å². The average molecular weight is 483 g/mol. The first-order valence-electron chi connectivity index (χ1n) is 13.4. The summed E-state index contributed by atoms with van der Waals surface area (Å²) in [6.07, 6.45) is 10.3. The third-order valence-electron chi connectivity index (χ3n) is 7.77. The summed E-state index contributed by atoms with van der Waals surface area (Å²) in [4.78, 5) is 0. The van der Waals surface area contributed by atoms with Crippen LogP contribution in [-0.2, 0) is 4.43 Å². The standard InChI is InChI=1S/C33H42OSi/c1-5-28(26-27-18-10-6-11-19-27)32(29-20-12-7-13-21-29)34-35(33(2,3)4,30-22-14-8-15-23-30)31-24-16-9-17-25-31/h5,7-9,12-17,20-25,27,32H,6,10-11,18-19,26H2,1-4H3/b28-5-/t32-/m1/s1. The Bertz CT molecular complexity index is 1020. The van der Waals surface area contributed by atoms with Crippen LogP contribution in [0.25, 0.3) is 0 Å². The van der Waals surface area contributed by atoms with Crippen molar-refractivity contribution >= 4 is 18.7 Å². The molecule has 4 rings (SSSR count). The van der Waals surface area contributed by atoms with E-state index in [-0.39, 0.29) is 11.1 Å². The molecule has 1 nitrogen and oxygen atoms in total. The fourth-order valence-corrected chi connectivity index (χ4v) is 10.6. The topological polar surface area (TPSA) is 9.23 Å². The first kappa shape index (κ1) is 25.7. The van der Waals surface area contributed by atoms with Gasteiger partial charge in [0.15, 0.2) is 0 Å². The van der Waals surface area contributed by atoms with Gasteiger partial charge in [-0.1, -0.05) is 150 Å². The van der Waals surface area contributed by atoms with E-state index in [0.717, 1.165) is 12.3 Å². The summed E-state index contributed by atoms with van der Waals surface area (Å²) >= 11 is 0.